The van der Waals surface area contributed by atoms with Crippen molar-refractivity contribution in [2.45, 2.75) is 6.18 Å². The Balaban J connectivity index is 3.61. The molecule has 0 aliphatic heterocycles. The lowest BCUT2D eigenvalue weighted by molar-refractivity contribution is -0.141. The summed E-state index contributed by atoms with van der Waals surface area (Å²) in [7, 11) is -0.560. The molecule has 0 aliphatic carbocycles. The van der Waals surface area contributed by atoms with Crippen molar-refractivity contribution in [1.82, 2.24) is 4.90 Å². The van der Waals surface area contributed by atoms with Crippen LogP contribution in [-0.4, -0.2) is 48.3 Å². The van der Waals surface area contributed by atoms with Gasteiger partial charge in [0.15, 0.2) is 0 Å². The Morgan fingerprint density at radius 3 is 2.09 bits per heavy atom. The largest absolute Gasteiger partial charge is 0.466 e. The van der Waals surface area contributed by atoms with Crippen LogP contribution < -0.4 is 0 Å². The van der Waals surface area contributed by atoms with Crippen molar-refractivity contribution < 1.29 is 23.2 Å². The highest BCUT2D eigenvalue weighted by molar-refractivity contribution is 6.41. The molecule has 0 rings (SSSR count). The third-order valence-electron chi connectivity index (χ3n) is 0.924. The Kier molecular flexibility index (Phi) is 3.84. The van der Waals surface area contributed by atoms with Gasteiger partial charge in [-0.15, -0.1) is 0 Å². The molecule has 7 heteroatoms. The summed E-state index contributed by atoms with van der Waals surface area (Å²) in [5, 5.41) is 16.5. The average Bonchev–Trinajstić information content (AvgIpc) is 1.53. The summed E-state index contributed by atoms with van der Waals surface area (Å²) < 4.78 is 34.7. The van der Waals surface area contributed by atoms with Crippen molar-refractivity contribution in [3.63, 3.8) is 0 Å². The van der Waals surface area contributed by atoms with Crippen molar-refractivity contribution in [3.05, 3.63) is 0 Å². The molecule has 0 radical (unpaired) electrons. The van der Waals surface area contributed by atoms with Gasteiger partial charge in [0.2, 0.25) is 0 Å². The summed E-state index contributed by atoms with van der Waals surface area (Å²) in [6, 6.07) is 0. The lowest BCUT2D eigenvalue weighted by Gasteiger charge is -2.17. The maximum atomic E-state index is 11.6. The SMILES string of the molecule is CN(CB(O)O)CC(F)(F)F. The van der Waals surface area contributed by atoms with E-state index >= 15 is 0 Å². The van der Waals surface area contributed by atoms with Crippen LogP contribution in [0, 0.1) is 0 Å². The predicted molar refractivity (Wildman–Crippen MR) is 33.7 cm³/mol. The number of halogens is 3. The van der Waals surface area contributed by atoms with Crippen LogP contribution in [0.2, 0.25) is 0 Å². The van der Waals surface area contributed by atoms with Crippen molar-refractivity contribution >= 4 is 7.12 Å². The number of alkyl halides is 3. The Morgan fingerprint density at radius 1 is 1.36 bits per heavy atom. The van der Waals surface area contributed by atoms with Gasteiger partial charge in [-0.25, -0.2) is 0 Å². The number of rotatable bonds is 3. The monoisotopic (exact) mass is 171 g/mol. The van der Waals surface area contributed by atoms with Crippen LogP contribution in [0.5, 0.6) is 0 Å². The standard InChI is InChI=1S/C4H9BF3NO2/c1-9(3-5(10)11)2-4(6,7)8/h10-11H,2-3H2,1H3. The van der Waals surface area contributed by atoms with Crippen LogP contribution in [-0.2, 0) is 0 Å². The first-order valence-corrected chi connectivity index (χ1v) is 2.92. The van der Waals surface area contributed by atoms with Gasteiger partial charge in [0, 0.05) is 6.44 Å². The summed E-state index contributed by atoms with van der Waals surface area (Å²) in [5.74, 6) is 0. The molecule has 0 atom stereocenters. The summed E-state index contributed by atoms with van der Waals surface area (Å²) in [6.45, 7) is -1.13. The van der Waals surface area contributed by atoms with Crippen molar-refractivity contribution in [1.29, 1.82) is 0 Å². The molecule has 0 fully saturated rings. The van der Waals surface area contributed by atoms with E-state index in [0.29, 0.717) is 0 Å². The normalized spacial score (nSPS) is 12.3. The summed E-state index contributed by atoms with van der Waals surface area (Å²) in [6.07, 6.45) is -4.69. The molecule has 0 aliphatic rings. The van der Waals surface area contributed by atoms with E-state index in [1.165, 1.54) is 0 Å². The van der Waals surface area contributed by atoms with E-state index in [1.807, 2.05) is 0 Å². The second kappa shape index (κ2) is 3.94. The van der Waals surface area contributed by atoms with Gasteiger partial charge in [0.1, 0.15) is 0 Å². The van der Waals surface area contributed by atoms with Crippen LogP contribution in [0.1, 0.15) is 0 Å². The maximum Gasteiger partial charge on any atom is 0.466 e. The van der Waals surface area contributed by atoms with Crippen LogP contribution in [0.3, 0.4) is 0 Å². The Labute approximate surface area is 62.6 Å². The fraction of sp³-hybridized carbons (Fsp3) is 1.00. The molecule has 0 bridgehead atoms. The van der Waals surface area contributed by atoms with Crippen LogP contribution in [0.15, 0.2) is 0 Å². The van der Waals surface area contributed by atoms with Gasteiger partial charge in [-0.2, -0.15) is 13.2 Å². The minimum Gasteiger partial charge on any atom is -0.426 e. The van der Waals surface area contributed by atoms with Gasteiger partial charge in [-0.1, -0.05) is 0 Å². The first-order chi connectivity index (χ1) is 4.81. The lowest BCUT2D eigenvalue weighted by Crippen LogP contribution is -2.38. The molecule has 2 N–H and O–H groups in total. The van der Waals surface area contributed by atoms with Gasteiger partial charge < -0.3 is 14.9 Å². The molecule has 0 heterocycles. The van der Waals surface area contributed by atoms with Gasteiger partial charge >= 0.3 is 13.3 Å². The Hall–Kier alpha value is -0.265. The topological polar surface area (TPSA) is 43.7 Å². The zero-order valence-electron chi connectivity index (χ0n) is 5.97. The van der Waals surface area contributed by atoms with E-state index in [2.05, 4.69) is 0 Å². The first kappa shape index (κ1) is 10.7. The number of nitrogens with zero attached hydrogens (tertiary/aromatic N) is 1. The summed E-state index contributed by atoms with van der Waals surface area (Å²) in [5.41, 5.74) is 0. The third-order valence-corrected chi connectivity index (χ3v) is 0.924. The van der Waals surface area contributed by atoms with E-state index in [0.717, 1.165) is 11.9 Å². The lowest BCUT2D eigenvalue weighted by atomic mass is 9.92. The molecule has 0 saturated carbocycles. The Morgan fingerprint density at radius 2 is 1.82 bits per heavy atom. The molecular weight excluding hydrogens is 162 g/mol. The highest BCUT2D eigenvalue weighted by Crippen LogP contribution is 2.14. The zero-order chi connectivity index (χ0) is 9.07. The molecule has 0 spiro atoms. The highest BCUT2D eigenvalue weighted by Gasteiger charge is 2.30. The highest BCUT2D eigenvalue weighted by atomic mass is 19.4. The molecule has 0 amide bonds. The van der Waals surface area contributed by atoms with Crippen LogP contribution in [0.4, 0.5) is 13.2 Å². The molecule has 0 aromatic carbocycles. The van der Waals surface area contributed by atoms with Crippen molar-refractivity contribution in [2.75, 3.05) is 20.0 Å². The molecule has 3 nitrogen and oxygen atoms in total. The molecule has 0 saturated heterocycles. The molecule has 0 unspecified atom stereocenters. The van der Waals surface area contributed by atoms with Gasteiger partial charge in [0.05, 0.1) is 6.54 Å². The molecule has 0 aromatic heterocycles. The predicted octanol–water partition coefficient (Wildman–Crippen LogP) is -0.507. The summed E-state index contributed by atoms with van der Waals surface area (Å²) >= 11 is 0. The first-order valence-electron chi connectivity index (χ1n) is 2.92. The van der Waals surface area contributed by atoms with Gasteiger partial charge in [0.25, 0.3) is 0 Å². The quantitative estimate of drug-likeness (QED) is 0.562. The van der Waals surface area contributed by atoms with Gasteiger partial charge in [-0.3, -0.25) is 0 Å². The van der Waals surface area contributed by atoms with Crippen LogP contribution >= 0.6 is 0 Å². The van der Waals surface area contributed by atoms with E-state index in [9.17, 15) is 13.2 Å². The zero-order valence-corrected chi connectivity index (χ0v) is 5.97. The minimum atomic E-state index is -4.29. The van der Waals surface area contributed by atoms with E-state index < -0.39 is 26.3 Å². The molecule has 11 heavy (non-hydrogen) atoms. The van der Waals surface area contributed by atoms with E-state index in [-0.39, 0.29) is 0 Å². The Bertz CT molecular complexity index is 118. The van der Waals surface area contributed by atoms with E-state index in [4.69, 9.17) is 10.0 Å². The third kappa shape index (κ3) is 7.63. The maximum absolute atomic E-state index is 11.6. The number of hydrogen-bond acceptors (Lipinski definition) is 3. The molecule has 0 aromatic rings. The average molecular weight is 171 g/mol. The fourth-order valence-corrected chi connectivity index (χ4v) is 0.649. The second-order valence-corrected chi connectivity index (χ2v) is 2.29. The van der Waals surface area contributed by atoms with Gasteiger partial charge in [-0.05, 0) is 7.05 Å². The van der Waals surface area contributed by atoms with Crippen molar-refractivity contribution in [2.24, 2.45) is 0 Å². The second-order valence-electron chi connectivity index (χ2n) is 2.29. The van der Waals surface area contributed by atoms with Crippen LogP contribution in [0.25, 0.3) is 0 Å². The van der Waals surface area contributed by atoms with E-state index in [1.54, 1.807) is 0 Å². The fourth-order valence-electron chi connectivity index (χ4n) is 0.649. The molecular formula is C4H9BF3NO2. The molecule has 66 valence electrons. The smallest absolute Gasteiger partial charge is 0.426 e. The summed E-state index contributed by atoms with van der Waals surface area (Å²) in [4.78, 5) is 0.782. The minimum absolute atomic E-state index is 0.403. The van der Waals surface area contributed by atoms with Crippen molar-refractivity contribution in [3.8, 4) is 0 Å². The number of hydrogen-bond donors (Lipinski definition) is 2.